The SMILES string of the molecule is CCNC(=NCC1(O)CCC1SCC)N1CC2OCCN(Cc3ccccc3)C2C1. The molecule has 6 nitrogen and oxygen atoms in total. The van der Waals surface area contributed by atoms with Crippen LogP contribution in [0.2, 0.25) is 0 Å². The number of benzene rings is 1. The van der Waals surface area contributed by atoms with Gasteiger partial charge in [-0.05, 0) is 31.1 Å². The van der Waals surface area contributed by atoms with Gasteiger partial charge in [-0.25, -0.2) is 0 Å². The van der Waals surface area contributed by atoms with Crippen molar-refractivity contribution in [1.82, 2.24) is 15.1 Å². The van der Waals surface area contributed by atoms with E-state index in [-0.39, 0.29) is 6.10 Å². The molecule has 0 aromatic heterocycles. The number of ether oxygens (including phenoxy) is 1. The van der Waals surface area contributed by atoms with Crippen LogP contribution in [0.15, 0.2) is 35.3 Å². The third-order valence-electron chi connectivity index (χ3n) is 6.59. The van der Waals surface area contributed by atoms with Crippen molar-refractivity contribution < 1.29 is 9.84 Å². The molecule has 3 aliphatic rings. The molecule has 1 aromatic carbocycles. The van der Waals surface area contributed by atoms with E-state index in [1.54, 1.807) is 0 Å². The minimum absolute atomic E-state index is 0.210. The number of fused-ring (bicyclic) bond motifs is 1. The first-order chi connectivity index (χ1) is 14.6. The van der Waals surface area contributed by atoms with Crippen LogP contribution >= 0.6 is 11.8 Å². The molecule has 0 radical (unpaired) electrons. The Morgan fingerprint density at radius 1 is 1.30 bits per heavy atom. The second-order valence-corrected chi connectivity index (χ2v) is 10.1. The van der Waals surface area contributed by atoms with Gasteiger partial charge in [0.25, 0.3) is 0 Å². The number of nitrogens with zero attached hydrogens (tertiary/aromatic N) is 3. The minimum atomic E-state index is -0.649. The van der Waals surface area contributed by atoms with Gasteiger partial charge in [0.15, 0.2) is 5.96 Å². The fraction of sp³-hybridized carbons (Fsp3) is 0.696. The molecule has 0 bridgehead atoms. The maximum absolute atomic E-state index is 11.0. The van der Waals surface area contributed by atoms with Gasteiger partial charge in [-0.3, -0.25) is 9.89 Å². The van der Waals surface area contributed by atoms with Crippen molar-refractivity contribution in [2.24, 2.45) is 4.99 Å². The number of aliphatic hydroxyl groups is 1. The molecule has 4 atom stereocenters. The Hall–Kier alpha value is -1.28. The summed E-state index contributed by atoms with van der Waals surface area (Å²) in [4.78, 5) is 9.76. The summed E-state index contributed by atoms with van der Waals surface area (Å²) in [6.07, 6.45) is 2.16. The van der Waals surface area contributed by atoms with Crippen molar-refractivity contribution in [3.8, 4) is 0 Å². The van der Waals surface area contributed by atoms with E-state index in [9.17, 15) is 5.11 Å². The Kier molecular flexibility index (Phi) is 7.24. The molecule has 2 heterocycles. The molecular weight excluding hydrogens is 396 g/mol. The Bertz CT molecular complexity index is 718. The van der Waals surface area contributed by atoms with Crippen molar-refractivity contribution in [2.45, 2.75) is 56.2 Å². The lowest BCUT2D eigenvalue weighted by Crippen LogP contribution is -2.53. The summed E-state index contributed by atoms with van der Waals surface area (Å²) < 4.78 is 6.14. The van der Waals surface area contributed by atoms with Crippen LogP contribution < -0.4 is 5.32 Å². The number of guanidine groups is 1. The standard InChI is InChI=1S/C23H36N4O2S/c1-3-24-22(25-17-23(28)11-10-21(23)30-4-2)27-15-19-20(16-27)29-13-12-26(19)14-18-8-6-5-7-9-18/h5-9,19-21,28H,3-4,10-17H2,1-2H3,(H,24,25). The van der Waals surface area contributed by atoms with E-state index in [1.807, 2.05) is 11.8 Å². The van der Waals surface area contributed by atoms with E-state index in [2.05, 4.69) is 59.3 Å². The zero-order valence-corrected chi connectivity index (χ0v) is 19.1. The first kappa shape index (κ1) is 21.9. The van der Waals surface area contributed by atoms with Gasteiger partial charge in [0, 0.05) is 38.0 Å². The molecule has 1 aliphatic carbocycles. The summed E-state index contributed by atoms with van der Waals surface area (Å²) in [7, 11) is 0. The topological polar surface area (TPSA) is 60.3 Å². The van der Waals surface area contributed by atoms with Gasteiger partial charge in [-0.2, -0.15) is 11.8 Å². The van der Waals surface area contributed by atoms with Gasteiger partial charge in [-0.15, -0.1) is 0 Å². The van der Waals surface area contributed by atoms with Gasteiger partial charge in [-0.1, -0.05) is 37.3 Å². The predicted octanol–water partition coefficient (Wildman–Crippen LogP) is 2.18. The Balaban J connectivity index is 1.42. The van der Waals surface area contributed by atoms with E-state index in [1.165, 1.54) is 5.56 Å². The average molecular weight is 433 g/mol. The first-order valence-corrected chi connectivity index (χ1v) is 12.4. The molecule has 30 heavy (non-hydrogen) atoms. The smallest absolute Gasteiger partial charge is 0.194 e. The van der Waals surface area contributed by atoms with Crippen molar-refractivity contribution >= 4 is 17.7 Å². The summed E-state index contributed by atoms with van der Waals surface area (Å²) in [6, 6.07) is 11.1. The molecule has 4 rings (SSSR count). The van der Waals surface area contributed by atoms with Gasteiger partial charge in [0.05, 0.1) is 30.9 Å². The Morgan fingerprint density at radius 3 is 2.83 bits per heavy atom. The Labute approximate surface area is 185 Å². The van der Waals surface area contributed by atoms with Crippen LogP contribution in [0.5, 0.6) is 0 Å². The van der Waals surface area contributed by atoms with Crippen molar-refractivity contribution in [3.05, 3.63) is 35.9 Å². The van der Waals surface area contributed by atoms with E-state index >= 15 is 0 Å². The minimum Gasteiger partial charge on any atom is -0.387 e. The zero-order chi connectivity index (χ0) is 21.0. The zero-order valence-electron chi connectivity index (χ0n) is 18.3. The van der Waals surface area contributed by atoms with E-state index < -0.39 is 5.60 Å². The summed E-state index contributed by atoms with van der Waals surface area (Å²) in [5.41, 5.74) is 0.702. The van der Waals surface area contributed by atoms with Crippen molar-refractivity contribution in [1.29, 1.82) is 0 Å². The van der Waals surface area contributed by atoms with Crippen LogP contribution in [0.1, 0.15) is 32.3 Å². The quantitative estimate of drug-likeness (QED) is 0.509. The molecule has 0 amide bonds. The summed E-state index contributed by atoms with van der Waals surface area (Å²) in [5, 5.41) is 14.7. The fourth-order valence-corrected chi connectivity index (χ4v) is 5.99. The summed E-state index contributed by atoms with van der Waals surface area (Å²) in [6.45, 7) is 10.0. The lowest BCUT2D eigenvalue weighted by atomic mass is 9.79. The molecule has 0 spiro atoms. The highest BCUT2D eigenvalue weighted by molar-refractivity contribution is 8.00. The molecule has 2 aliphatic heterocycles. The second kappa shape index (κ2) is 9.90. The number of thioether (sulfide) groups is 1. The van der Waals surface area contributed by atoms with Crippen LogP contribution in [0.3, 0.4) is 0 Å². The number of hydrogen-bond acceptors (Lipinski definition) is 5. The van der Waals surface area contributed by atoms with Crippen LogP contribution in [-0.4, -0.2) is 88.9 Å². The van der Waals surface area contributed by atoms with Crippen LogP contribution in [0, 0.1) is 0 Å². The lowest BCUT2D eigenvalue weighted by Gasteiger charge is -2.44. The van der Waals surface area contributed by atoms with Crippen LogP contribution in [0.4, 0.5) is 0 Å². The fourth-order valence-electron chi connectivity index (χ4n) is 4.80. The molecule has 3 fully saturated rings. The number of likely N-dealkylation sites (tertiary alicyclic amines) is 1. The van der Waals surface area contributed by atoms with Crippen LogP contribution in [-0.2, 0) is 11.3 Å². The van der Waals surface area contributed by atoms with Gasteiger partial charge in [0.1, 0.15) is 0 Å². The summed E-state index contributed by atoms with van der Waals surface area (Å²) in [5.74, 6) is 1.96. The molecular formula is C23H36N4O2S. The number of nitrogens with one attached hydrogen (secondary N) is 1. The number of rotatable bonds is 7. The van der Waals surface area contributed by atoms with E-state index in [0.29, 0.717) is 17.8 Å². The maximum Gasteiger partial charge on any atom is 0.194 e. The molecule has 2 saturated heterocycles. The highest BCUT2D eigenvalue weighted by atomic mass is 32.2. The largest absolute Gasteiger partial charge is 0.387 e. The molecule has 1 saturated carbocycles. The van der Waals surface area contributed by atoms with Crippen molar-refractivity contribution in [2.75, 3.05) is 45.1 Å². The van der Waals surface area contributed by atoms with Crippen LogP contribution in [0.25, 0.3) is 0 Å². The maximum atomic E-state index is 11.0. The third kappa shape index (κ3) is 4.79. The second-order valence-electron chi connectivity index (χ2n) is 8.59. The third-order valence-corrected chi connectivity index (χ3v) is 8.00. The van der Waals surface area contributed by atoms with Gasteiger partial charge < -0.3 is 20.1 Å². The van der Waals surface area contributed by atoms with Crippen molar-refractivity contribution in [3.63, 3.8) is 0 Å². The van der Waals surface area contributed by atoms with Gasteiger partial charge in [0.2, 0.25) is 0 Å². The summed E-state index contributed by atoms with van der Waals surface area (Å²) >= 11 is 1.86. The number of morpholine rings is 1. The normalized spacial score (nSPS) is 32.0. The highest BCUT2D eigenvalue weighted by Crippen LogP contribution is 2.41. The highest BCUT2D eigenvalue weighted by Gasteiger charge is 2.46. The van der Waals surface area contributed by atoms with E-state index in [4.69, 9.17) is 9.73 Å². The molecule has 7 heteroatoms. The number of hydrogen-bond donors (Lipinski definition) is 2. The van der Waals surface area contributed by atoms with Gasteiger partial charge >= 0.3 is 0 Å². The molecule has 2 N–H and O–H groups in total. The predicted molar refractivity (Wildman–Crippen MR) is 124 cm³/mol. The average Bonchev–Trinajstić information content (AvgIpc) is 3.20. The number of aliphatic imine (C=N–C) groups is 1. The Morgan fingerprint density at radius 2 is 2.13 bits per heavy atom. The monoisotopic (exact) mass is 432 g/mol. The molecule has 4 unspecified atom stereocenters. The first-order valence-electron chi connectivity index (χ1n) is 11.4. The molecule has 166 valence electrons. The van der Waals surface area contributed by atoms with E-state index in [0.717, 1.165) is 63.9 Å². The molecule has 1 aromatic rings. The lowest BCUT2D eigenvalue weighted by molar-refractivity contribution is -0.0502.